The van der Waals surface area contributed by atoms with Gasteiger partial charge in [-0.25, -0.2) is 9.97 Å². The lowest BCUT2D eigenvalue weighted by Gasteiger charge is -2.18. The first-order chi connectivity index (χ1) is 10.9. The highest BCUT2D eigenvalue weighted by Gasteiger charge is 2.40. The lowest BCUT2D eigenvalue weighted by Crippen LogP contribution is -2.11. The first-order valence-electron chi connectivity index (χ1n) is 7.32. The molecule has 2 aromatic heterocycles. The first-order valence-corrected chi connectivity index (χ1v) is 7.32. The molecule has 0 saturated carbocycles. The van der Waals surface area contributed by atoms with E-state index in [1.807, 2.05) is 13.0 Å². The smallest absolute Gasteiger partial charge is 0.383 e. The Morgan fingerprint density at radius 3 is 2.57 bits per heavy atom. The third-order valence-electron chi connectivity index (χ3n) is 3.84. The summed E-state index contributed by atoms with van der Waals surface area (Å²) in [7, 11) is 0. The fraction of sp³-hybridized carbons (Fsp3) is 0.400. The van der Waals surface area contributed by atoms with E-state index in [2.05, 4.69) is 15.1 Å². The number of nitrogens with two attached hydrogens (primary N) is 1. The minimum Gasteiger partial charge on any atom is -0.383 e. The number of aromatic nitrogens is 4. The fourth-order valence-electron chi connectivity index (χ4n) is 2.83. The quantitative estimate of drug-likeness (QED) is 0.919. The van der Waals surface area contributed by atoms with Crippen molar-refractivity contribution >= 4 is 11.4 Å². The summed E-state index contributed by atoms with van der Waals surface area (Å²) in [5.74, 6) is 0.158. The maximum Gasteiger partial charge on any atom is 0.435 e. The number of rotatable bonds is 2. The van der Waals surface area contributed by atoms with Crippen molar-refractivity contribution in [3.8, 4) is 5.95 Å². The van der Waals surface area contributed by atoms with E-state index in [9.17, 15) is 13.2 Å². The molecule has 23 heavy (non-hydrogen) atoms. The van der Waals surface area contributed by atoms with E-state index in [0.29, 0.717) is 12.0 Å². The van der Waals surface area contributed by atoms with E-state index in [4.69, 9.17) is 5.73 Å². The number of alkyl halides is 3. The molecular weight excluding hydrogens is 307 g/mol. The number of hydrogen-bond donors (Lipinski definition) is 1. The van der Waals surface area contributed by atoms with E-state index >= 15 is 0 Å². The highest BCUT2D eigenvalue weighted by atomic mass is 19.4. The monoisotopic (exact) mass is 323 g/mol. The van der Waals surface area contributed by atoms with Crippen molar-refractivity contribution in [3.05, 3.63) is 35.8 Å². The molecule has 0 fully saturated rings. The van der Waals surface area contributed by atoms with Gasteiger partial charge in [0.15, 0.2) is 5.69 Å². The van der Waals surface area contributed by atoms with Crippen molar-refractivity contribution in [3.63, 3.8) is 0 Å². The standard InChI is InChI=1S/C15H16F3N5/c1-9-4-2-5-10(8-9)11-12(15(16,17)18)22-23(13(11)19)14-20-6-3-7-21-14/h3,6-9H,2,4-5,19H2,1H3. The van der Waals surface area contributed by atoms with Crippen molar-refractivity contribution in [1.82, 2.24) is 19.7 Å². The van der Waals surface area contributed by atoms with Crippen LogP contribution in [0.2, 0.25) is 0 Å². The van der Waals surface area contributed by atoms with Crippen LogP contribution in [0.15, 0.2) is 24.5 Å². The van der Waals surface area contributed by atoms with Gasteiger partial charge in [0.2, 0.25) is 0 Å². The van der Waals surface area contributed by atoms with Gasteiger partial charge >= 0.3 is 6.18 Å². The average Bonchev–Trinajstić information content (AvgIpc) is 2.86. The van der Waals surface area contributed by atoms with Crippen molar-refractivity contribution in [2.75, 3.05) is 5.73 Å². The summed E-state index contributed by atoms with van der Waals surface area (Å²) < 4.78 is 41.2. The zero-order valence-corrected chi connectivity index (χ0v) is 12.5. The van der Waals surface area contributed by atoms with Crippen LogP contribution >= 0.6 is 0 Å². The van der Waals surface area contributed by atoms with Crippen LogP contribution in [0, 0.1) is 5.92 Å². The van der Waals surface area contributed by atoms with E-state index in [1.165, 1.54) is 12.4 Å². The third kappa shape index (κ3) is 2.93. The second-order valence-electron chi connectivity index (χ2n) is 5.63. The largest absolute Gasteiger partial charge is 0.435 e. The van der Waals surface area contributed by atoms with Gasteiger partial charge in [0, 0.05) is 12.4 Å². The van der Waals surface area contributed by atoms with Gasteiger partial charge in [0.1, 0.15) is 5.82 Å². The molecular formula is C15H16F3N5. The highest BCUT2D eigenvalue weighted by molar-refractivity contribution is 5.77. The molecule has 0 aromatic carbocycles. The fourth-order valence-corrected chi connectivity index (χ4v) is 2.83. The maximum absolute atomic E-state index is 13.4. The lowest BCUT2D eigenvalue weighted by atomic mass is 9.88. The summed E-state index contributed by atoms with van der Waals surface area (Å²) in [5.41, 5.74) is 5.55. The lowest BCUT2D eigenvalue weighted by molar-refractivity contribution is -0.141. The number of nitrogens with zero attached hydrogens (tertiary/aromatic N) is 4. The molecule has 2 heterocycles. The molecule has 1 atom stereocenters. The first kappa shape index (κ1) is 15.5. The van der Waals surface area contributed by atoms with Gasteiger partial charge in [-0.1, -0.05) is 13.0 Å². The van der Waals surface area contributed by atoms with Crippen LogP contribution in [0.3, 0.4) is 0 Å². The van der Waals surface area contributed by atoms with Crippen LogP contribution in [0.5, 0.6) is 0 Å². The van der Waals surface area contributed by atoms with Gasteiger partial charge in [0.25, 0.3) is 5.95 Å². The third-order valence-corrected chi connectivity index (χ3v) is 3.84. The molecule has 0 bridgehead atoms. The van der Waals surface area contributed by atoms with Gasteiger partial charge in [-0.2, -0.15) is 23.0 Å². The van der Waals surface area contributed by atoms with E-state index in [1.54, 1.807) is 6.07 Å². The van der Waals surface area contributed by atoms with E-state index < -0.39 is 11.9 Å². The molecule has 0 aliphatic heterocycles. The summed E-state index contributed by atoms with van der Waals surface area (Å²) in [6, 6.07) is 1.57. The van der Waals surface area contributed by atoms with Crippen LogP contribution in [-0.4, -0.2) is 19.7 Å². The van der Waals surface area contributed by atoms with Crippen LogP contribution < -0.4 is 5.73 Å². The molecule has 8 heteroatoms. The molecule has 5 nitrogen and oxygen atoms in total. The molecule has 1 unspecified atom stereocenters. The molecule has 2 N–H and O–H groups in total. The predicted octanol–water partition coefficient (Wildman–Crippen LogP) is 3.47. The van der Waals surface area contributed by atoms with Gasteiger partial charge in [0.05, 0.1) is 5.56 Å². The summed E-state index contributed by atoms with van der Waals surface area (Å²) in [5, 5.41) is 3.65. The van der Waals surface area contributed by atoms with Crippen molar-refractivity contribution in [1.29, 1.82) is 0 Å². The molecule has 0 saturated heterocycles. The van der Waals surface area contributed by atoms with E-state index in [-0.39, 0.29) is 23.2 Å². The normalized spacial score (nSPS) is 18.8. The summed E-state index contributed by atoms with van der Waals surface area (Å²) in [4.78, 5) is 7.86. The maximum atomic E-state index is 13.4. The number of halogens is 3. The molecule has 0 radical (unpaired) electrons. The SMILES string of the molecule is CC1C=C(c2c(C(F)(F)F)nn(-c3ncccn3)c2N)CCC1. The van der Waals surface area contributed by atoms with Crippen LogP contribution in [-0.2, 0) is 6.18 Å². The second kappa shape index (κ2) is 5.68. The Kier molecular flexibility index (Phi) is 3.83. The Bertz CT molecular complexity index is 734. The van der Waals surface area contributed by atoms with Crippen LogP contribution in [0.25, 0.3) is 11.5 Å². The van der Waals surface area contributed by atoms with Crippen LogP contribution in [0.1, 0.15) is 37.4 Å². The molecule has 1 aliphatic carbocycles. The molecule has 122 valence electrons. The van der Waals surface area contributed by atoms with Gasteiger partial charge < -0.3 is 5.73 Å². The summed E-state index contributed by atoms with van der Waals surface area (Å²) in [6.07, 6.45) is 2.46. The molecule has 0 amide bonds. The van der Waals surface area contributed by atoms with Crippen LogP contribution in [0.4, 0.5) is 19.0 Å². The van der Waals surface area contributed by atoms with E-state index in [0.717, 1.165) is 17.5 Å². The topological polar surface area (TPSA) is 69.6 Å². The molecule has 2 aromatic rings. The average molecular weight is 323 g/mol. The summed E-state index contributed by atoms with van der Waals surface area (Å²) in [6.45, 7) is 1.98. The summed E-state index contributed by atoms with van der Waals surface area (Å²) >= 11 is 0. The molecule has 0 spiro atoms. The van der Waals surface area contributed by atoms with Crippen molar-refractivity contribution in [2.24, 2.45) is 5.92 Å². The Labute approximate surface area is 131 Å². The van der Waals surface area contributed by atoms with Crippen molar-refractivity contribution < 1.29 is 13.2 Å². The Hall–Kier alpha value is -2.38. The van der Waals surface area contributed by atoms with Gasteiger partial charge in [-0.3, -0.25) is 0 Å². The van der Waals surface area contributed by atoms with Gasteiger partial charge in [-0.05, 0) is 36.8 Å². The number of anilines is 1. The predicted molar refractivity (Wildman–Crippen MR) is 79.6 cm³/mol. The second-order valence-corrected chi connectivity index (χ2v) is 5.63. The highest BCUT2D eigenvalue weighted by Crippen LogP contribution is 2.41. The zero-order chi connectivity index (χ0) is 16.6. The molecule has 3 rings (SSSR count). The number of nitrogen functional groups attached to an aromatic ring is 1. The number of hydrogen-bond acceptors (Lipinski definition) is 4. The van der Waals surface area contributed by atoms with Crippen molar-refractivity contribution in [2.45, 2.75) is 32.4 Å². The van der Waals surface area contributed by atoms with Gasteiger partial charge in [-0.15, -0.1) is 0 Å². The minimum absolute atomic E-state index is 0.0196. The Balaban J connectivity index is 2.20. The molecule has 1 aliphatic rings. The Morgan fingerprint density at radius 2 is 1.96 bits per heavy atom. The zero-order valence-electron chi connectivity index (χ0n) is 12.5. The number of allylic oxidation sites excluding steroid dienone is 2. The minimum atomic E-state index is -4.59. The Morgan fingerprint density at radius 1 is 1.26 bits per heavy atom.